The lowest BCUT2D eigenvalue weighted by atomic mass is 10.1. The van der Waals surface area contributed by atoms with Gasteiger partial charge in [-0.25, -0.2) is 4.39 Å². The van der Waals surface area contributed by atoms with Gasteiger partial charge in [-0.15, -0.1) is 0 Å². The number of hydrogen-bond acceptors (Lipinski definition) is 1. The molecule has 1 rings (SSSR count). The molecule has 14 heavy (non-hydrogen) atoms. The molecule has 2 radical (unpaired) electrons. The monoisotopic (exact) mass is 204 g/mol. The van der Waals surface area contributed by atoms with E-state index in [1.807, 2.05) is 0 Å². The van der Waals surface area contributed by atoms with Crippen molar-refractivity contribution in [3.63, 3.8) is 0 Å². The minimum Gasteiger partial charge on any atom is -0.294 e. The summed E-state index contributed by atoms with van der Waals surface area (Å²) in [4.78, 5) is 10.5. The molecule has 1 nitrogen and oxygen atoms in total. The zero-order chi connectivity index (χ0) is 10.9. The standard InChI is InChI=1S/C9H4F4O/c1-5(14)6-2-7(9(11,12)13)4-8(10)3-6/h1-4H. The second-order valence-corrected chi connectivity index (χ2v) is 2.59. The van der Waals surface area contributed by atoms with Crippen LogP contribution in [0.3, 0.4) is 0 Å². The van der Waals surface area contributed by atoms with Crippen LogP contribution in [0.25, 0.3) is 0 Å². The van der Waals surface area contributed by atoms with E-state index in [9.17, 15) is 22.4 Å². The van der Waals surface area contributed by atoms with E-state index in [4.69, 9.17) is 6.92 Å². The van der Waals surface area contributed by atoms with Crippen molar-refractivity contribution < 1.29 is 22.4 Å². The molecular formula is C9H4F4O. The molecule has 0 aliphatic rings. The summed E-state index contributed by atoms with van der Waals surface area (Å²) < 4.78 is 48.9. The van der Waals surface area contributed by atoms with E-state index >= 15 is 0 Å². The summed E-state index contributed by atoms with van der Waals surface area (Å²) in [6.45, 7) is 4.72. The van der Waals surface area contributed by atoms with Crippen LogP contribution in [0.1, 0.15) is 15.9 Å². The van der Waals surface area contributed by atoms with Crippen LogP contribution in [-0.2, 0) is 6.18 Å². The minimum atomic E-state index is -4.69. The number of Topliss-reactive ketones (excluding diaryl/α,β-unsaturated/α-hetero) is 1. The first-order valence-corrected chi connectivity index (χ1v) is 3.48. The topological polar surface area (TPSA) is 17.1 Å². The molecule has 0 aromatic heterocycles. The Morgan fingerprint density at radius 2 is 1.79 bits per heavy atom. The summed E-state index contributed by atoms with van der Waals surface area (Å²) in [6.07, 6.45) is -4.69. The molecule has 74 valence electrons. The third-order valence-corrected chi connectivity index (χ3v) is 1.51. The van der Waals surface area contributed by atoms with Crippen LogP contribution in [0, 0.1) is 12.7 Å². The smallest absolute Gasteiger partial charge is 0.294 e. The molecule has 0 bridgehead atoms. The number of ketones is 1. The Morgan fingerprint density at radius 1 is 1.21 bits per heavy atom. The highest BCUT2D eigenvalue weighted by Crippen LogP contribution is 2.30. The van der Waals surface area contributed by atoms with Gasteiger partial charge in [0.2, 0.25) is 0 Å². The Labute approximate surface area is 77.3 Å². The summed E-state index contributed by atoms with van der Waals surface area (Å²) in [5, 5.41) is 0. The molecule has 1 aromatic carbocycles. The largest absolute Gasteiger partial charge is 0.416 e. The molecule has 0 atom stereocenters. The third-order valence-electron chi connectivity index (χ3n) is 1.51. The quantitative estimate of drug-likeness (QED) is 0.507. The van der Waals surface area contributed by atoms with Gasteiger partial charge < -0.3 is 0 Å². The summed E-state index contributed by atoms with van der Waals surface area (Å²) in [6, 6.07) is 1.45. The maximum Gasteiger partial charge on any atom is 0.416 e. The molecule has 0 saturated carbocycles. The predicted octanol–water partition coefficient (Wildman–Crippen LogP) is 2.74. The van der Waals surface area contributed by atoms with Crippen LogP contribution in [0.2, 0.25) is 0 Å². The second kappa shape index (κ2) is 3.40. The third kappa shape index (κ3) is 2.31. The fourth-order valence-corrected chi connectivity index (χ4v) is 0.896. The van der Waals surface area contributed by atoms with Gasteiger partial charge in [0.1, 0.15) is 5.82 Å². The Bertz CT molecular complexity index is 368. The molecule has 5 heteroatoms. The van der Waals surface area contributed by atoms with Crippen molar-refractivity contribution >= 4 is 5.78 Å². The van der Waals surface area contributed by atoms with Gasteiger partial charge in [0.15, 0.2) is 5.78 Å². The molecule has 0 N–H and O–H groups in total. The maximum absolute atomic E-state index is 12.6. The SMILES string of the molecule is [CH]C(=O)c1cc(F)cc(C(F)(F)F)c1. The zero-order valence-electron chi connectivity index (χ0n) is 6.73. The number of hydrogen-bond donors (Lipinski definition) is 0. The first kappa shape index (κ1) is 10.7. The van der Waals surface area contributed by atoms with Crippen LogP contribution < -0.4 is 0 Å². The Kier molecular flexibility index (Phi) is 2.59. The van der Waals surface area contributed by atoms with Crippen molar-refractivity contribution in [3.8, 4) is 0 Å². The minimum absolute atomic E-state index is 0.298. The lowest BCUT2D eigenvalue weighted by Gasteiger charge is -2.07. The van der Waals surface area contributed by atoms with Gasteiger partial charge in [-0.05, 0) is 18.2 Å². The summed E-state index contributed by atoms with van der Waals surface area (Å²) in [5.74, 6) is -2.25. The number of rotatable bonds is 1. The summed E-state index contributed by atoms with van der Waals surface area (Å²) >= 11 is 0. The van der Waals surface area contributed by atoms with E-state index < -0.39 is 28.9 Å². The van der Waals surface area contributed by atoms with E-state index in [0.29, 0.717) is 18.2 Å². The maximum atomic E-state index is 12.6. The molecular weight excluding hydrogens is 200 g/mol. The van der Waals surface area contributed by atoms with Crippen molar-refractivity contribution in [2.24, 2.45) is 0 Å². The lowest BCUT2D eigenvalue weighted by Crippen LogP contribution is -2.07. The second-order valence-electron chi connectivity index (χ2n) is 2.59. The van der Waals surface area contributed by atoms with Gasteiger partial charge in [0, 0.05) is 12.5 Å². The van der Waals surface area contributed by atoms with Gasteiger partial charge in [0.05, 0.1) is 5.56 Å². The van der Waals surface area contributed by atoms with Crippen LogP contribution in [-0.4, -0.2) is 5.78 Å². The van der Waals surface area contributed by atoms with Crippen molar-refractivity contribution in [1.82, 2.24) is 0 Å². The molecule has 0 heterocycles. The zero-order valence-corrected chi connectivity index (χ0v) is 6.73. The summed E-state index contributed by atoms with van der Waals surface area (Å²) in [7, 11) is 0. The number of carbonyl (C=O) groups excluding carboxylic acids is 1. The normalized spacial score (nSPS) is 11.5. The van der Waals surface area contributed by atoms with E-state index in [0.717, 1.165) is 0 Å². The van der Waals surface area contributed by atoms with Gasteiger partial charge in [0.25, 0.3) is 0 Å². The number of halogens is 4. The van der Waals surface area contributed by atoms with Gasteiger partial charge in [-0.1, -0.05) is 0 Å². The van der Waals surface area contributed by atoms with E-state index in [-0.39, 0.29) is 0 Å². The van der Waals surface area contributed by atoms with Crippen molar-refractivity contribution in [3.05, 3.63) is 42.1 Å². The van der Waals surface area contributed by atoms with Gasteiger partial charge in [-0.2, -0.15) is 13.2 Å². The molecule has 0 fully saturated rings. The lowest BCUT2D eigenvalue weighted by molar-refractivity contribution is -0.137. The summed E-state index contributed by atoms with van der Waals surface area (Å²) in [5.41, 5.74) is -1.73. The highest BCUT2D eigenvalue weighted by atomic mass is 19.4. The Balaban J connectivity index is 3.28. The molecule has 0 aliphatic carbocycles. The first-order chi connectivity index (χ1) is 6.30. The van der Waals surface area contributed by atoms with Crippen LogP contribution >= 0.6 is 0 Å². The molecule has 1 aromatic rings. The highest BCUT2D eigenvalue weighted by Gasteiger charge is 2.31. The van der Waals surface area contributed by atoms with Gasteiger partial charge in [-0.3, -0.25) is 4.79 Å². The molecule has 0 amide bonds. The molecule has 0 spiro atoms. The van der Waals surface area contributed by atoms with Crippen LogP contribution in [0.15, 0.2) is 18.2 Å². The molecule has 0 saturated heterocycles. The Hall–Kier alpha value is -1.39. The van der Waals surface area contributed by atoms with Crippen LogP contribution in [0.4, 0.5) is 17.6 Å². The molecule has 0 aliphatic heterocycles. The Morgan fingerprint density at radius 3 is 2.21 bits per heavy atom. The van der Waals surface area contributed by atoms with Gasteiger partial charge >= 0.3 is 6.18 Å². The number of carbonyl (C=O) groups is 1. The van der Waals surface area contributed by atoms with E-state index in [1.54, 1.807) is 0 Å². The fraction of sp³-hybridized carbons (Fsp3) is 0.111. The average molecular weight is 204 g/mol. The molecule has 0 unspecified atom stereocenters. The predicted molar refractivity (Wildman–Crippen MR) is 40.0 cm³/mol. The van der Waals surface area contributed by atoms with Crippen molar-refractivity contribution in [2.75, 3.05) is 0 Å². The van der Waals surface area contributed by atoms with Crippen LogP contribution in [0.5, 0.6) is 0 Å². The number of alkyl halides is 3. The van der Waals surface area contributed by atoms with Crippen molar-refractivity contribution in [2.45, 2.75) is 6.18 Å². The van der Waals surface area contributed by atoms with E-state index in [2.05, 4.69) is 0 Å². The average Bonchev–Trinajstić information content (AvgIpc) is 2.01. The first-order valence-electron chi connectivity index (χ1n) is 3.48. The fourth-order valence-electron chi connectivity index (χ4n) is 0.896. The number of benzene rings is 1. The van der Waals surface area contributed by atoms with E-state index in [1.165, 1.54) is 0 Å². The van der Waals surface area contributed by atoms with Crippen molar-refractivity contribution in [1.29, 1.82) is 0 Å². The highest BCUT2D eigenvalue weighted by molar-refractivity contribution is 5.99.